The average Bonchev–Trinajstić information content (AvgIpc) is 2.02. The fourth-order valence-electron chi connectivity index (χ4n) is 1.07. The molecule has 0 saturated heterocycles. The summed E-state index contributed by atoms with van der Waals surface area (Å²) in [7, 11) is 0. The molecule has 0 amide bonds. The van der Waals surface area contributed by atoms with Gasteiger partial charge in [-0.1, -0.05) is 15.9 Å². The molecule has 1 atom stereocenters. The van der Waals surface area contributed by atoms with Crippen LogP contribution in [0.3, 0.4) is 0 Å². The number of hydrogen-bond acceptors (Lipinski definition) is 2. The Hall–Kier alpha value is -0.850. The summed E-state index contributed by atoms with van der Waals surface area (Å²) in [6, 6.07) is -1.28. The maximum atomic E-state index is 12.3. The van der Waals surface area contributed by atoms with Crippen LogP contribution in [0.25, 0.3) is 0 Å². The van der Waals surface area contributed by atoms with Crippen molar-refractivity contribution in [2.45, 2.75) is 18.6 Å². The molecule has 14 heavy (non-hydrogen) atoms. The summed E-state index contributed by atoms with van der Waals surface area (Å²) in [5.74, 6) is 0. The minimum atomic E-state index is -4.52. The Labute approximate surface area is 85.6 Å². The van der Waals surface area contributed by atoms with Gasteiger partial charge in [-0.25, -0.2) is 0 Å². The average molecular weight is 272 g/mol. The van der Waals surface area contributed by atoms with Crippen LogP contribution in [0.5, 0.6) is 0 Å². The van der Waals surface area contributed by atoms with Crippen molar-refractivity contribution < 1.29 is 18.1 Å². The van der Waals surface area contributed by atoms with Crippen molar-refractivity contribution in [1.29, 1.82) is 0 Å². The zero-order valence-electron chi connectivity index (χ0n) is 6.71. The minimum absolute atomic E-state index is 0.136. The summed E-state index contributed by atoms with van der Waals surface area (Å²) in [6.07, 6.45) is -2.93. The Bertz CT molecular complexity index is 321. The lowest BCUT2D eigenvalue weighted by molar-refractivity contribution is -0.509. The molecule has 0 aromatic heterocycles. The SMILES string of the molecule is O=[N+]([O-])C1C=CC(Br)=C(C(F)(F)F)C1. The summed E-state index contributed by atoms with van der Waals surface area (Å²) in [5.41, 5.74) is -0.887. The maximum absolute atomic E-state index is 12.3. The second-order valence-electron chi connectivity index (χ2n) is 2.74. The highest BCUT2D eigenvalue weighted by molar-refractivity contribution is 9.11. The molecular weight excluding hydrogens is 267 g/mol. The lowest BCUT2D eigenvalue weighted by Crippen LogP contribution is -2.25. The highest BCUT2D eigenvalue weighted by Gasteiger charge is 2.40. The first-order chi connectivity index (χ1) is 6.32. The number of allylic oxidation sites excluding steroid dienone is 2. The van der Waals surface area contributed by atoms with Crippen LogP contribution in [0.1, 0.15) is 6.42 Å². The Morgan fingerprint density at radius 3 is 2.57 bits per heavy atom. The molecule has 0 bridgehead atoms. The van der Waals surface area contributed by atoms with Crippen LogP contribution in [-0.4, -0.2) is 17.1 Å². The van der Waals surface area contributed by atoms with E-state index in [0.29, 0.717) is 0 Å². The largest absolute Gasteiger partial charge is 0.414 e. The minimum Gasteiger partial charge on any atom is -0.264 e. The third-order valence-corrected chi connectivity index (χ3v) is 2.52. The molecule has 0 heterocycles. The summed E-state index contributed by atoms with van der Waals surface area (Å²) in [4.78, 5) is 9.55. The second-order valence-corrected chi connectivity index (χ2v) is 3.59. The summed E-state index contributed by atoms with van der Waals surface area (Å²) < 4.78 is 36.7. The molecule has 0 spiro atoms. The van der Waals surface area contributed by atoms with E-state index in [1.807, 2.05) is 0 Å². The van der Waals surface area contributed by atoms with Crippen LogP contribution in [0, 0.1) is 10.1 Å². The molecule has 1 rings (SSSR count). The molecule has 1 unspecified atom stereocenters. The van der Waals surface area contributed by atoms with Crippen LogP contribution in [0.2, 0.25) is 0 Å². The van der Waals surface area contributed by atoms with E-state index in [1.54, 1.807) is 0 Å². The molecule has 0 aliphatic heterocycles. The number of nitro groups is 1. The van der Waals surface area contributed by atoms with E-state index < -0.39 is 29.1 Å². The van der Waals surface area contributed by atoms with E-state index in [1.165, 1.54) is 0 Å². The topological polar surface area (TPSA) is 43.1 Å². The van der Waals surface area contributed by atoms with Gasteiger partial charge in [0.2, 0.25) is 6.04 Å². The molecule has 0 saturated carbocycles. The van der Waals surface area contributed by atoms with Gasteiger partial charge in [0.25, 0.3) is 0 Å². The quantitative estimate of drug-likeness (QED) is 0.544. The molecule has 0 aromatic carbocycles. The lowest BCUT2D eigenvalue weighted by Gasteiger charge is -2.17. The van der Waals surface area contributed by atoms with Crippen molar-refractivity contribution >= 4 is 15.9 Å². The van der Waals surface area contributed by atoms with Gasteiger partial charge in [-0.15, -0.1) is 0 Å². The zero-order chi connectivity index (χ0) is 10.9. The molecule has 1 aliphatic rings. The lowest BCUT2D eigenvalue weighted by atomic mass is 10.0. The third-order valence-electron chi connectivity index (χ3n) is 1.78. The third kappa shape index (κ3) is 2.34. The molecule has 0 fully saturated rings. The first kappa shape index (κ1) is 11.2. The zero-order valence-corrected chi connectivity index (χ0v) is 8.30. The predicted octanol–water partition coefficient (Wildman–Crippen LogP) is 2.80. The first-order valence-corrected chi connectivity index (χ1v) is 4.39. The van der Waals surface area contributed by atoms with E-state index in [-0.39, 0.29) is 4.48 Å². The smallest absolute Gasteiger partial charge is 0.264 e. The van der Waals surface area contributed by atoms with Crippen molar-refractivity contribution in [3.8, 4) is 0 Å². The number of hydrogen-bond donors (Lipinski definition) is 0. The van der Waals surface area contributed by atoms with Gasteiger partial charge in [0.05, 0.1) is 12.0 Å². The number of nitrogens with zero attached hydrogens (tertiary/aromatic N) is 1. The second kappa shape index (κ2) is 3.72. The van der Waals surface area contributed by atoms with Gasteiger partial charge in [-0.3, -0.25) is 10.1 Å². The van der Waals surface area contributed by atoms with E-state index in [0.717, 1.165) is 12.2 Å². The monoisotopic (exact) mass is 271 g/mol. The molecule has 7 heteroatoms. The van der Waals surface area contributed by atoms with Crippen molar-refractivity contribution in [3.63, 3.8) is 0 Å². The van der Waals surface area contributed by atoms with Crippen LogP contribution in [-0.2, 0) is 0 Å². The Morgan fingerprint density at radius 1 is 1.57 bits per heavy atom. The Morgan fingerprint density at radius 2 is 2.14 bits per heavy atom. The van der Waals surface area contributed by atoms with Gasteiger partial charge in [-0.2, -0.15) is 13.2 Å². The molecule has 0 radical (unpaired) electrons. The predicted molar refractivity (Wildman–Crippen MR) is 46.5 cm³/mol. The van der Waals surface area contributed by atoms with E-state index in [4.69, 9.17) is 0 Å². The van der Waals surface area contributed by atoms with Crippen molar-refractivity contribution in [1.82, 2.24) is 0 Å². The first-order valence-electron chi connectivity index (χ1n) is 3.60. The summed E-state index contributed by atoms with van der Waals surface area (Å²) in [6.45, 7) is 0. The van der Waals surface area contributed by atoms with Gasteiger partial charge < -0.3 is 0 Å². The molecule has 3 nitrogen and oxygen atoms in total. The Kier molecular flexibility index (Phi) is 2.98. The van der Waals surface area contributed by atoms with Crippen LogP contribution in [0.4, 0.5) is 13.2 Å². The molecular formula is C7H5BrF3NO2. The highest BCUT2D eigenvalue weighted by atomic mass is 79.9. The fraction of sp³-hybridized carbons (Fsp3) is 0.429. The van der Waals surface area contributed by atoms with E-state index in [2.05, 4.69) is 15.9 Å². The van der Waals surface area contributed by atoms with Crippen molar-refractivity contribution in [2.75, 3.05) is 0 Å². The van der Waals surface area contributed by atoms with E-state index in [9.17, 15) is 23.3 Å². The normalized spacial score (nSPS) is 22.7. The van der Waals surface area contributed by atoms with Crippen LogP contribution < -0.4 is 0 Å². The summed E-state index contributed by atoms with van der Waals surface area (Å²) in [5, 5.41) is 10.3. The maximum Gasteiger partial charge on any atom is 0.414 e. The molecule has 78 valence electrons. The number of halogens is 4. The molecule has 0 aromatic rings. The van der Waals surface area contributed by atoms with Gasteiger partial charge in [0.1, 0.15) is 0 Å². The van der Waals surface area contributed by atoms with Crippen LogP contribution >= 0.6 is 15.9 Å². The van der Waals surface area contributed by atoms with E-state index >= 15 is 0 Å². The van der Waals surface area contributed by atoms with Gasteiger partial charge in [0, 0.05) is 9.41 Å². The van der Waals surface area contributed by atoms with Gasteiger partial charge in [0.15, 0.2) is 0 Å². The summed E-state index contributed by atoms with van der Waals surface area (Å²) >= 11 is 2.72. The van der Waals surface area contributed by atoms with Crippen LogP contribution in [0.15, 0.2) is 22.2 Å². The molecule has 1 aliphatic carbocycles. The Balaban J connectivity index is 2.95. The molecule has 0 N–H and O–H groups in total. The van der Waals surface area contributed by atoms with Gasteiger partial charge >= 0.3 is 6.18 Å². The fourth-order valence-corrected chi connectivity index (χ4v) is 1.61. The number of alkyl halides is 3. The van der Waals surface area contributed by atoms with Crippen molar-refractivity contribution in [3.05, 3.63) is 32.3 Å². The number of rotatable bonds is 1. The highest BCUT2D eigenvalue weighted by Crippen LogP contribution is 2.37. The van der Waals surface area contributed by atoms with Gasteiger partial charge in [-0.05, 0) is 12.2 Å². The standard InChI is InChI=1S/C7H5BrF3NO2/c8-6-2-1-4(12(13)14)3-5(6)7(9,10)11/h1-2,4H,3H2. The van der Waals surface area contributed by atoms with Crippen molar-refractivity contribution in [2.24, 2.45) is 0 Å².